The second kappa shape index (κ2) is 10.5. The van der Waals surface area contributed by atoms with E-state index in [-0.39, 0.29) is 5.57 Å². The Hall–Kier alpha value is -2.00. The molecule has 0 saturated carbocycles. The number of rotatable bonds is 8. The van der Waals surface area contributed by atoms with Gasteiger partial charge >= 0.3 is 0 Å². The van der Waals surface area contributed by atoms with Crippen LogP contribution in [0.3, 0.4) is 0 Å². The molecule has 172 valence electrons. The lowest BCUT2D eigenvalue weighted by Crippen LogP contribution is -2.63. The third-order valence-electron chi connectivity index (χ3n) is 5.60. The Labute approximate surface area is 183 Å². The Balaban J connectivity index is 2.33. The van der Waals surface area contributed by atoms with Crippen LogP contribution >= 0.6 is 0 Å². The fraction of sp³-hybridized carbons (Fsp3) is 0.571. The number of nitrogens with one attached hydrogen (secondary N) is 1. The summed E-state index contributed by atoms with van der Waals surface area (Å²) in [6.07, 6.45) is -4.84. The molecule has 5 unspecified atom stereocenters. The van der Waals surface area contributed by atoms with Gasteiger partial charge in [0.1, 0.15) is 24.4 Å². The van der Waals surface area contributed by atoms with E-state index < -0.39 is 52.0 Å². The van der Waals surface area contributed by atoms with Crippen LogP contribution in [0.1, 0.15) is 33.3 Å². The van der Waals surface area contributed by atoms with Gasteiger partial charge < -0.3 is 25.0 Å². The molecule has 0 radical (unpaired) electrons. The molecule has 0 bridgehead atoms. The van der Waals surface area contributed by atoms with Crippen LogP contribution in [0.15, 0.2) is 29.2 Å². The summed E-state index contributed by atoms with van der Waals surface area (Å²) in [4.78, 5) is 1.66. The van der Waals surface area contributed by atoms with Crippen molar-refractivity contribution in [1.29, 1.82) is 5.26 Å². The minimum atomic E-state index is -4.32. The fourth-order valence-corrected chi connectivity index (χ4v) is 5.14. The van der Waals surface area contributed by atoms with Crippen LogP contribution in [0.2, 0.25) is 0 Å². The Kier molecular flexibility index (Phi) is 8.59. The van der Waals surface area contributed by atoms with Crippen molar-refractivity contribution in [3.63, 3.8) is 0 Å². The zero-order valence-electron chi connectivity index (χ0n) is 18.2. The van der Waals surface area contributed by atoms with Gasteiger partial charge in [0.05, 0.1) is 18.8 Å². The fourth-order valence-electron chi connectivity index (χ4n) is 3.69. The second-order valence-electron chi connectivity index (χ2n) is 7.48. The Morgan fingerprint density at radius 3 is 2.26 bits per heavy atom. The molecule has 0 aromatic heterocycles. The molecule has 1 aromatic carbocycles. The molecule has 0 aliphatic carbocycles. The predicted octanol–water partition coefficient (Wildman–Crippen LogP) is 0.577. The predicted molar refractivity (Wildman–Crippen MR) is 117 cm³/mol. The Morgan fingerprint density at radius 2 is 1.77 bits per heavy atom. The van der Waals surface area contributed by atoms with Gasteiger partial charge in [0.15, 0.2) is 4.91 Å². The van der Waals surface area contributed by atoms with Crippen molar-refractivity contribution >= 4 is 21.3 Å². The maximum Gasteiger partial charge on any atom is 0.251 e. The summed E-state index contributed by atoms with van der Waals surface area (Å²) in [6.45, 7) is 8.28. The van der Waals surface area contributed by atoms with E-state index >= 15 is 0 Å². The molecule has 1 saturated heterocycles. The van der Waals surface area contributed by atoms with Gasteiger partial charge in [-0.2, -0.15) is 5.26 Å². The standard InChI is InChI=1S/C21H31N3O6S/c1-5-24(6-2)16-9-7-15(8-10-16)13(3)18(11-22)31(28,29)23-19-14(4)30-17(12-25)20(26)21(19)27/h7-10,14,17,19-21,23,25-27H,5-6,12H2,1-4H3. The largest absolute Gasteiger partial charge is 0.394 e. The first-order valence-electron chi connectivity index (χ1n) is 10.2. The topological polar surface area (TPSA) is 143 Å². The number of hydrogen-bond donors (Lipinski definition) is 4. The van der Waals surface area contributed by atoms with Crippen molar-refractivity contribution < 1.29 is 28.5 Å². The maximum absolute atomic E-state index is 13.0. The van der Waals surface area contributed by atoms with E-state index in [2.05, 4.69) is 9.62 Å². The minimum Gasteiger partial charge on any atom is -0.394 e. The summed E-state index contributed by atoms with van der Waals surface area (Å²) in [7, 11) is -4.32. The van der Waals surface area contributed by atoms with Crippen molar-refractivity contribution in [1.82, 2.24) is 4.72 Å². The number of aliphatic hydroxyl groups is 3. The van der Waals surface area contributed by atoms with Crippen LogP contribution in [0, 0.1) is 11.3 Å². The van der Waals surface area contributed by atoms with E-state index in [0.29, 0.717) is 5.56 Å². The van der Waals surface area contributed by atoms with Crippen molar-refractivity contribution in [3.05, 3.63) is 34.7 Å². The molecule has 2 rings (SSSR count). The lowest BCUT2D eigenvalue weighted by Gasteiger charge is -2.41. The molecule has 9 nitrogen and oxygen atoms in total. The highest BCUT2D eigenvalue weighted by Crippen LogP contribution is 2.26. The molecule has 5 atom stereocenters. The first kappa shape index (κ1) is 25.3. The van der Waals surface area contributed by atoms with Gasteiger partial charge in [-0.3, -0.25) is 0 Å². The SMILES string of the molecule is CCN(CC)c1ccc(C(C)=C(C#N)S(=O)(=O)NC2C(C)OC(CO)C(O)C2O)cc1. The molecule has 1 aromatic rings. The third-order valence-corrected chi connectivity index (χ3v) is 7.12. The highest BCUT2D eigenvalue weighted by atomic mass is 32.2. The molecule has 0 amide bonds. The van der Waals surface area contributed by atoms with Crippen LogP contribution in [0.4, 0.5) is 5.69 Å². The van der Waals surface area contributed by atoms with Crippen LogP contribution < -0.4 is 9.62 Å². The van der Waals surface area contributed by atoms with Gasteiger partial charge in [0, 0.05) is 18.8 Å². The number of hydrogen-bond acceptors (Lipinski definition) is 8. The van der Waals surface area contributed by atoms with Gasteiger partial charge in [-0.15, -0.1) is 0 Å². The van der Waals surface area contributed by atoms with Crippen molar-refractivity contribution in [2.24, 2.45) is 0 Å². The summed E-state index contributed by atoms with van der Waals surface area (Å²) in [6, 6.07) is 7.80. The van der Waals surface area contributed by atoms with E-state index in [4.69, 9.17) is 4.74 Å². The zero-order valence-corrected chi connectivity index (χ0v) is 19.0. The third kappa shape index (κ3) is 5.44. The number of aliphatic hydroxyl groups excluding tert-OH is 3. The number of nitriles is 1. The molecule has 1 fully saturated rings. The normalized spacial score (nSPS) is 27.4. The van der Waals surface area contributed by atoms with Gasteiger partial charge in [0.2, 0.25) is 0 Å². The number of nitrogens with zero attached hydrogens (tertiary/aromatic N) is 2. The van der Waals surface area contributed by atoms with E-state index in [1.807, 2.05) is 26.0 Å². The van der Waals surface area contributed by atoms with Gasteiger partial charge in [-0.25, -0.2) is 13.1 Å². The number of ether oxygens (including phenoxy) is 1. The van der Waals surface area contributed by atoms with E-state index in [9.17, 15) is 29.0 Å². The Bertz CT molecular complexity index is 921. The zero-order chi connectivity index (χ0) is 23.3. The summed E-state index contributed by atoms with van der Waals surface area (Å²) in [5.74, 6) is 0. The average molecular weight is 454 g/mol. The quantitative estimate of drug-likeness (QED) is 0.419. The highest BCUT2D eigenvalue weighted by molar-refractivity contribution is 7.93. The molecule has 4 N–H and O–H groups in total. The van der Waals surface area contributed by atoms with E-state index in [1.54, 1.807) is 18.2 Å². The first-order chi connectivity index (χ1) is 14.6. The summed E-state index contributed by atoms with van der Waals surface area (Å²) in [5.41, 5.74) is 1.82. The molecule has 1 aliphatic rings. The monoisotopic (exact) mass is 453 g/mol. The van der Waals surface area contributed by atoms with Crippen molar-refractivity contribution in [2.75, 3.05) is 24.6 Å². The molecular weight excluding hydrogens is 422 g/mol. The Morgan fingerprint density at radius 1 is 1.19 bits per heavy atom. The molecule has 10 heteroatoms. The van der Waals surface area contributed by atoms with Crippen LogP contribution in [-0.2, 0) is 14.8 Å². The smallest absolute Gasteiger partial charge is 0.251 e. The van der Waals surface area contributed by atoms with Crippen LogP contribution in [0.5, 0.6) is 0 Å². The first-order valence-corrected chi connectivity index (χ1v) is 11.7. The molecular formula is C21H31N3O6S. The number of anilines is 1. The van der Waals surface area contributed by atoms with Crippen molar-refractivity contribution in [3.8, 4) is 6.07 Å². The van der Waals surface area contributed by atoms with Crippen molar-refractivity contribution in [2.45, 2.75) is 58.2 Å². The number of benzene rings is 1. The number of allylic oxidation sites excluding steroid dienone is 2. The summed E-state index contributed by atoms with van der Waals surface area (Å²) < 4.78 is 33.6. The minimum absolute atomic E-state index is 0.258. The lowest BCUT2D eigenvalue weighted by molar-refractivity contribution is -0.186. The highest BCUT2D eigenvalue weighted by Gasteiger charge is 2.44. The lowest BCUT2D eigenvalue weighted by atomic mass is 9.94. The molecule has 1 aliphatic heterocycles. The maximum atomic E-state index is 13.0. The van der Waals surface area contributed by atoms with Crippen LogP contribution in [-0.4, -0.2) is 73.9 Å². The summed E-state index contributed by atoms with van der Waals surface area (Å²) in [5, 5.41) is 39.2. The molecule has 31 heavy (non-hydrogen) atoms. The number of sulfonamides is 1. The second-order valence-corrected chi connectivity index (χ2v) is 9.13. The van der Waals surface area contributed by atoms with Gasteiger partial charge in [0.25, 0.3) is 10.0 Å². The van der Waals surface area contributed by atoms with E-state index in [0.717, 1.165) is 18.8 Å². The van der Waals surface area contributed by atoms with Gasteiger partial charge in [-0.05, 0) is 51.0 Å². The van der Waals surface area contributed by atoms with E-state index in [1.165, 1.54) is 13.8 Å². The average Bonchev–Trinajstić information content (AvgIpc) is 2.75. The molecule has 1 heterocycles. The van der Waals surface area contributed by atoms with Gasteiger partial charge in [-0.1, -0.05) is 12.1 Å². The summed E-state index contributed by atoms with van der Waals surface area (Å²) >= 11 is 0. The van der Waals surface area contributed by atoms with Crippen LogP contribution in [0.25, 0.3) is 5.57 Å². The molecule has 0 spiro atoms.